The molecule has 2 aromatic carbocycles. The van der Waals surface area contributed by atoms with E-state index in [9.17, 15) is 4.79 Å². The first kappa shape index (κ1) is 21.4. The Kier molecular flexibility index (Phi) is 13.0. The highest BCUT2D eigenvalue weighted by molar-refractivity contribution is 5.78. The normalized spacial score (nSPS) is 9.08. The molecule has 0 saturated heterocycles. The van der Waals surface area contributed by atoms with Crippen LogP contribution in [0.4, 0.5) is 0 Å². The van der Waals surface area contributed by atoms with Crippen molar-refractivity contribution in [1.29, 1.82) is 5.26 Å². The van der Waals surface area contributed by atoms with Gasteiger partial charge in [-0.25, -0.2) is 4.79 Å². The molecule has 0 amide bonds. The van der Waals surface area contributed by atoms with Gasteiger partial charge < -0.3 is 5.11 Å². The number of hydrogen-bond acceptors (Lipinski definition) is 2. The Hall–Kier alpha value is -3.64. The molecule has 0 spiro atoms. The Labute approximate surface area is 149 Å². The van der Waals surface area contributed by atoms with Crippen LogP contribution in [0.25, 0.3) is 12.2 Å². The molecule has 0 saturated carbocycles. The van der Waals surface area contributed by atoms with Gasteiger partial charge in [-0.15, -0.1) is 0 Å². The molecule has 3 nitrogen and oxygen atoms in total. The minimum absolute atomic E-state index is 0.833. The minimum Gasteiger partial charge on any atom is -0.478 e. The summed E-state index contributed by atoms with van der Waals surface area (Å²) < 4.78 is 0. The number of benzene rings is 2. The first-order valence-electron chi connectivity index (χ1n) is 7.44. The molecule has 2 rings (SSSR count). The van der Waals surface area contributed by atoms with Crippen molar-refractivity contribution in [3.63, 3.8) is 0 Å². The molecule has 2 aromatic rings. The molecule has 0 atom stereocenters. The molecule has 0 aromatic heterocycles. The van der Waals surface area contributed by atoms with Crippen LogP contribution < -0.4 is 0 Å². The van der Waals surface area contributed by atoms with Gasteiger partial charge in [-0.3, -0.25) is 0 Å². The molecule has 0 aliphatic heterocycles. The summed E-state index contributed by atoms with van der Waals surface area (Å²) >= 11 is 0. The monoisotopic (exact) mass is 331 g/mol. The second-order valence-corrected chi connectivity index (χ2v) is 4.42. The van der Waals surface area contributed by atoms with Crippen LogP contribution in [0.15, 0.2) is 98.1 Å². The maximum atomic E-state index is 9.25. The third kappa shape index (κ3) is 13.7. The SMILES string of the molecule is C=CC(=O)O.C=Cc1ccccc1.N#CC=CC=Cc1ccccc1. The zero-order valence-electron chi connectivity index (χ0n) is 14.0. The molecule has 0 bridgehead atoms. The topological polar surface area (TPSA) is 61.1 Å². The lowest BCUT2D eigenvalue weighted by molar-refractivity contribution is -0.131. The Morgan fingerprint density at radius 1 is 0.920 bits per heavy atom. The van der Waals surface area contributed by atoms with E-state index in [1.54, 1.807) is 6.08 Å². The van der Waals surface area contributed by atoms with Gasteiger partial charge in [-0.1, -0.05) is 98.1 Å². The lowest BCUT2D eigenvalue weighted by Gasteiger charge is -1.87. The van der Waals surface area contributed by atoms with Crippen LogP contribution in [0.5, 0.6) is 0 Å². The smallest absolute Gasteiger partial charge is 0.327 e. The molecule has 0 unspecified atom stereocenters. The number of rotatable bonds is 4. The quantitative estimate of drug-likeness (QED) is 0.465. The number of allylic oxidation sites excluding steroid dienone is 3. The number of aliphatic carboxylic acids is 1. The second-order valence-electron chi connectivity index (χ2n) is 4.42. The Bertz CT molecular complexity index is 724. The van der Waals surface area contributed by atoms with Gasteiger partial charge in [-0.2, -0.15) is 5.26 Å². The van der Waals surface area contributed by atoms with Crippen LogP contribution in [-0.4, -0.2) is 11.1 Å². The summed E-state index contributed by atoms with van der Waals surface area (Å²) in [6, 6.07) is 21.9. The van der Waals surface area contributed by atoms with Crippen LogP contribution in [0.3, 0.4) is 0 Å². The van der Waals surface area contributed by atoms with Crippen molar-refractivity contribution in [2.45, 2.75) is 0 Å². The van der Waals surface area contributed by atoms with Gasteiger partial charge in [0.15, 0.2) is 0 Å². The number of nitrogens with zero attached hydrogens (tertiary/aromatic N) is 1. The Balaban J connectivity index is 0.000000382. The van der Waals surface area contributed by atoms with E-state index in [1.165, 1.54) is 11.6 Å². The third-order valence-electron chi connectivity index (χ3n) is 2.58. The van der Waals surface area contributed by atoms with Gasteiger partial charge in [0.2, 0.25) is 0 Å². The fraction of sp³-hybridized carbons (Fsp3) is 0. The molecule has 25 heavy (non-hydrogen) atoms. The second kappa shape index (κ2) is 15.3. The average Bonchev–Trinajstić information content (AvgIpc) is 2.68. The fourth-order valence-corrected chi connectivity index (χ4v) is 1.42. The third-order valence-corrected chi connectivity index (χ3v) is 2.58. The van der Waals surface area contributed by atoms with E-state index in [0.29, 0.717) is 0 Å². The van der Waals surface area contributed by atoms with E-state index in [0.717, 1.165) is 11.6 Å². The molecule has 3 heteroatoms. The lowest BCUT2D eigenvalue weighted by atomic mass is 10.2. The zero-order valence-corrected chi connectivity index (χ0v) is 14.0. The molecule has 0 fully saturated rings. The Morgan fingerprint density at radius 2 is 1.40 bits per heavy atom. The van der Waals surface area contributed by atoms with E-state index < -0.39 is 5.97 Å². The van der Waals surface area contributed by atoms with E-state index in [2.05, 4.69) is 13.2 Å². The summed E-state index contributed by atoms with van der Waals surface area (Å²) in [5.41, 5.74) is 2.31. The zero-order chi connectivity index (χ0) is 18.8. The standard InChI is InChI=1S/C11H9N.C8H8.C3H4O2/c12-10-6-2-5-9-11-7-3-1-4-8-11;1-2-8-6-4-3-5-7-8;1-2-3(4)5/h1-9H;2-7H,1H2;2H,1H2,(H,4,5). The largest absolute Gasteiger partial charge is 0.478 e. The average molecular weight is 331 g/mol. The lowest BCUT2D eigenvalue weighted by Crippen LogP contribution is -1.82. The van der Waals surface area contributed by atoms with Crippen LogP contribution in [-0.2, 0) is 4.79 Å². The molecule has 0 heterocycles. The van der Waals surface area contributed by atoms with Crippen molar-refractivity contribution >= 4 is 18.1 Å². The van der Waals surface area contributed by atoms with Crippen molar-refractivity contribution in [2.75, 3.05) is 0 Å². The van der Waals surface area contributed by atoms with Gasteiger partial charge in [0.1, 0.15) is 0 Å². The van der Waals surface area contributed by atoms with Crippen LogP contribution in [0.2, 0.25) is 0 Å². The van der Waals surface area contributed by atoms with Gasteiger partial charge in [0.05, 0.1) is 6.07 Å². The van der Waals surface area contributed by atoms with Gasteiger partial charge in [0.25, 0.3) is 0 Å². The van der Waals surface area contributed by atoms with E-state index >= 15 is 0 Å². The van der Waals surface area contributed by atoms with E-state index in [1.807, 2.05) is 85.0 Å². The van der Waals surface area contributed by atoms with Gasteiger partial charge in [-0.05, 0) is 11.1 Å². The first-order valence-corrected chi connectivity index (χ1v) is 7.44. The summed E-state index contributed by atoms with van der Waals surface area (Å²) in [7, 11) is 0. The highest BCUT2D eigenvalue weighted by Gasteiger charge is 1.79. The van der Waals surface area contributed by atoms with Crippen molar-refractivity contribution in [3.8, 4) is 6.07 Å². The maximum Gasteiger partial charge on any atom is 0.327 e. The van der Waals surface area contributed by atoms with Crippen LogP contribution in [0.1, 0.15) is 11.1 Å². The number of carboxylic acid groups (broad SMARTS) is 1. The van der Waals surface area contributed by atoms with Crippen molar-refractivity contribution in [1.82, 2.24) is 0 Å². The molecule has 0 aliphatic carbocycles. The molecular formula is C22H21NO2. The predicted octanol–water partition coefficient (Wildman–Crippen LogP) is 5.37. The number of carbonyl (C=O) groups is 1. The highest BCUT2D eigenvalue weighted by atomic mass is 16.4. The molecule has 0 aliphatic rings. The summed E-state index contributed by atoms with van der Waals surface area (Å²) in [5, 5.41) is 15.8. The van der Waals surface area contributed by atoms with E-state index in [-0.39, 0.29) is 0 Å². The molecule has 1 N–H and O–H groups in total. The van der Waals surface area contributed by atoms with Crippen molar-refractivity contribution in [2.24, 2.45) is 0 Å². The van der Waals surface area contributed by atoms with E-state index in [4.69, 9.17) is 10.4 Å². The van der Waals surface area contributed by atoms with Crippen LogP contribution in [0, 0.1) is 11.3 Å². The number of hydrogen-bond donors (Lipinski definition) is 1. The van der Waals surface area contributed by atoms with Crippen molar-refractivity contribution in [3.05, 3.63) is 109 Å². The summed E-state index contributed by atoms with van der Waals surface area (Å²) in [6.45, 7) is 6.59. The van der Waals surface area contributed by atoms with Gasteiger partial charge >= 0.3 is 5.97 Å². The maximum absolute atomic E-state index is 9.25. The molecular weight excluding hydrogens is 310 g/mol. The number of carboxylic acids is 1. The molecule has 126 valence electrons. The van der Waals surface area contributed by atoms with Crippen LogP contribution >= 0.6 is 0 Å². The predicted molar refractivity (Wildman–Crippen MR) is 105 cm³/mol. The van der Waals surface area contributed by atoms with Gasteiger partial charge in [0, 0.05) is 12.2 Å². The fourth-order valence-electron chi connectivity index (χ4n) is 1.42. The van der Waals surface area contributed by atoms with Crippen molar-refractivity contribution < 1.29 is 9.90 Å². The molecule has 0 radical (unpaired) electrons. The summed E-state index contributed by atoms with van der Waals surface area (Å²) in [6.07, 6.45) is 9.62. The summed E-state index contributed by atoms with van der Waals surface area (Å²) in [4.78, 5) is 9.25. The first-order chi connectivity index (χ1) is 12.1. The minimum atomic E-state index is -0.981. The summed E-state index contributed by atoms with van der Waals surface area (Å²) in [5.74, 6) is -0.981. The Morgan fingerprint density at radius 3 is 1.76 bits per heavy atom. The number of nitriles is 1. The highest BCUT2D eigenvalue weighted by Crippen LogP contribution is 2.00.